The number of fused-ring (bicyclic) bond motifs is 1. The van der Waals surface area contributed by atoms with Crippen molar-refractivity contribution < 1.29 is 23.7 Å². The van der Waals surface area contributed by atoms with E-state index in [4.69, 9.17) is 9.15 Å². The molecule has 2 aromatic rings. The van der Waals surface area contributed by atoms with Crippen LogP contribution >= 0.6 is 0 Å². The Hall–Kier alpha value is -3.40. The standard InChI is InChI=1S/C20H24N4O6/c1-3-22(4-2)16(17-6-5-9-29-17)11-21-19(25)12-23-15-10-14(24(27)28)7-8-18(15)30-13-20(23)26/h5-10,16H,3-4,11-13H2,1-2H3,(H,21,25). The first kappa shape index (κ1) is 21.3. The van der Waals surface area contributed by atoms with Crippen molar-refractivity contribution in [2.24, 2.45) is 0 Å². The summed E-state index contributed by atoms with van der Waals surface area (Å²) in [5.41, 5.74) is 0.0267. The summed E-state index contributed by atoms with van der Waals surface area (Å²) in [6.07, 6.45) is 1.59. The van der Waals surface area contributed by atoms with Crippen molar-refractivity contribution in [2.75, 3.05) is 37.7 Å². The number of nitro benzene ring substituents is 1. The molecule has 160 valence electrons. The highest BCUT2D eigenvalue weighted by atomic mass is 16.6. The van der Waals surface area contributed by atoms with E-state index in [1.807, 2.05) is 19.9 Å². The minimum absolute atomic E-state index is 0.146. The van der Waals surface area contributed by atoms with E-state index in [1.165, 1.54) is 23.1 Å². The van der Waals surface area contributed by atoms with Crippen LogP contribution in [0.25, 0.3) is 0 Å². The lowest BCUT2D eigenvalue weighted by molar-refractivity contribution is -0.384. The zero-order chi connectivity index (χ0) is 21.7. The Bertz CT molecular complexity index is 910. The largest absolute Gasteiger partial charge is 0.482 e. The molecule has 0 spiro atoms. The van der Waals surface area contributed by atoms with E-state index >= 15 is 0 Å². The number of likely N-dealkylation sites (N-methyl/N-ethyl adjacent to an activating group) is 1. The fourth-order valence-electron chi connectivity index (χ4n) is 3.44. The van der Waals surface area contributed by atoms with Gasteiger partial charge in [-0.1, -0.05) is 13.8 Å². The number of nitrogens with zero attached hydrogens (tertiary/aromatic N) is 3. The van der Waals surface area contributed by atoms with Crippen molar-refractivity contribution in [3.05, 3.63) is 52.5 Å². The lowest BCUT2D eigenvalue weighted by atomic mass is 10.1. The average molecular weight is 416 g/mol. The summed E-state index contributed by atoms with van der Waals surface area (Å²) in [5, 5.41) is 13.9. The van der Waals surface area contributed by atoms with Crippen LogP contribution in [-0.2, 0) is 9.59 Å². The molecule has 2 heterocycles. The van der Waals surface area contributed by atoms with E-state index in [9.17, 15) is 19.7 Å². The molecule has 10 nitrogen and oxygen atoms in total. The molecule has 1 N–H and O–H groups in total. The molecular weight excluding hydrogens is 392 g/mol. The molecule has 30 heavy (non-hydrogen) atoms. The molecule has 0 saturated heterocycles. The van der Waals surface area contributed by atoms with Crippen LogP contribution < -0.4 is 15.0 Å². The number of furan rings is 1. The summed E-state index contributed by atoms with van der Waals surface area (Å²) in [5.74, 6) is 0.239. The van der Waals surface area contributed by atoms with Gasteiger partial charge in [0.25, 0.3) is 11.6 Å². The Morgan fingerprint density at radius 3 is 2.73 bits per heavy atom. The summed E-state index contributed by atoms with van der Waals surface area (Å²) in [4.78, 5) is 38.8. The van der Waals surface area contributed by atoms with Gasteiger partial charge in [0, 0.05) is 18.7 Å². The average Bonchev–Trinajstić information content (AvgIpc) is 3.27. The number of rotatable bonds is 9. The topological polar surface area (TPSA) is 118 Å². The SMILES string of the molecule is CCN(CC)C(CNC(=O)CN1C(=O)COc2ccc([N+](=O)[O-])cc21)c1ccco1. The molecule has 10 heteroatoms. The molecule has 1 aliphatic heterocycles. The second-order valence-electron chi connectivity index (χ2n) is 6.73. The zero-order valence-corrected chi connectivity index (χ0v) is 16.9. The third-order valence-electron chi connectivity index (χ3n) is 5.02. The molecule has 0 radical (unpaired) electrons. The van der Waals surface area contributed by atoms with Gasteiger partial charge < -0.3 is 14.5 Å². The molecule has 1 unspecified atom stereocenters. The van der Waals surface area contributed by atoms with E-state index < -0.39 is 10.8 Å². The van der Waals surface area contributed by atoms with Gasteiger partial charge in [-0.3, -0.25) is 29.5 Å². The Labute approximate surface area is 173 Å². The first-order valence-electron chi connectivity index (χ1n) is 9.70. The number of nitro groups is 1. The fraction of sp³-hybridized carbons (Fsp3) is 0.400. The first-order chi connectivity index (χ1) is 14.4. The minimum atomic E-state index is -0.560. The number of non-ortho nitro benzene ring substituents is 1. The molecule has 0 bridgehead atoms. The van der Waals surface area contributed by atoms with Crippen molar-refractivity contribution in [3.8, 4) is 5.75 Å². The zero-order valence-electron chi connectivity index (χ0n) is 16.9. The van der Waals surface area contributed by atoms with Gasteiger partial charge in [-0.2, -0.15) is 0 Å². The predicted octanol–water partition coefficient (Wildman–Crippen LogP) is 2.11. The van der Waals surface area contributed by atoms with E-state index in [0.29, 0.717) is 12.3 Å². The quantitative estimate of drug-likeness (QED) is 0.491. The van der Waals surface area contributed by atoms with Gasteiger partial charge in [0.05, 0.1) is 22.9 Å². The molecule has 2 amide bonds. The Morgan fingerprint density at radius 1 is 1.33 bits per heavy atom. The minimum Gasteiger partial charge on any atom is -0.482 e. The second-order valence-corrected chi connectivity index (χ2v) is 6.73. The molecule has 0 aliphatic carbocycles. The number of nitrogens with one attached hydrogen (secondary N) is 1. The number of hydrogen-bond donors (Lipinski definition) is 1. The van der Waals surface area contributed by atoms with Crippen molar-refractivity contribution in [1.82, 2.24) is 10.2 Å². The number of benzene rings is 1. The van der Waals surface area contributed by atoms with Crippen LogP contribution in [0.5, 0.6) is 5.75 Å². The van der Waals surface area contributed by atoms with Crippen LogP contribution in [0.2, 0.25) is 0 Å². The summed E-state index contributed by atoms with van der Waals surface area (Å²) in [7, 11) is 0. The summed E-state index contributed by atoms with van der Waals surface area (Å²) >= 11 is 0. The summed E-state index contributed by atoms with van der Waals surface area (Å²) in [6.45, 7) is 5.41. The van der Waals surface area contributed by atoms with E-state index in [0.717, 1.165) is 18.8 Å². The Kier molecular flexibility index (Phi) is 6.68. The van der Waals surface area contributed by atoms with Crippen molar-refractivity contribution in [2.45, 2.75) is 19.9 Å². The second kappa shape index (κ2) is 9.40. The maximum Gasteiger partial charge on any atom is 0.271 e. The Morgan fingerprint density at radius 2 is 2.10 bits per heavy atom. The Balaban J connectivity index is 1.72. The maximum atomic E-state index is 12.6. The van der Waals surface area contributed by atoms with Gasteiger partial charge in [-0.15, -0.1) is 0 Å². The predicted molar refractivity (Wildman–Crippen MR) is 108 cm³/mol. The van der Waals surface area contributed by atoms with E-state index in [-0.39, 0.29) is 36.5 Å². The van der Waals surface area contributed by atoms with Gasteiger partial charge in [-0.05, 0) is 31.3 Å². The third-order valence-corrected chi connectivity index (χ3v) is 5.02. The number of amides is 2. The maximum absolute atomic E-state index is 12.6. The molecule has 1 aromatic carbocycles. The van der Waals surface area contributed by atoms with Crippen LogP contribution in [0.3, 0.4) is 0 Å². The number of anilines is 1. The van der Waals surface area contributed by atoms with Crippen LogP contribution in [0.4, 0.5) is 11.4 Å². The van der Waals surface area contributed by atoms with Crippen LogP contribution in [0, 0.1) is 10.1 Å². The van der Waals surface area contributed by atoms with Crippen molar-refractivity contribution in [3.63, 3.8) is 0 Å². The highest BCUT2D eigenvalue weighted by molar-refractivity contribution is 6.02. The molecule has 1 atom stereocenters. The molecule has 1 aromatic heterocycles. The first-order valence-corrected chi connectivity index (χ1v) is 9.70. The summed E-state index contributed by atoms with van der Waals surface area (Å²) < 4.78 is 10.8. The summed E-state index contributed by atoms with van der Waals surface area (Å²) in [6, 6.07) is 7.47. The highest BCUT2D eigenvalue weighted by Gasteiger charge is 2.30. The van der Waals surface area contributed by atoms with Gasteiger partial charge in [-0.25, -0.2) is 0 Å². The van der Waals surface area contributed by atoms with Crippen molar-refractivity contribution in [1.29, 1.82) is 0 Å². The van der Waals surface area contributed by atoms with Crippen LogP contribution in [0.15, 0.2) is 41.0 Å². The lowest BCUT2D eigenvalue weighted by Gasteiger charge is -2.30. The third kappa shape index (κ3) is 4.60. The van der Waals surface area contributed by atoms with Gasteiger partial charge in [0.2, 0.25) is 5.91 Å². The van der Waals surface area contributed by atoms with E-state index in [1.54, 1.807) is 12.3 Å². The molecule has 0 fully saturated rings. The number of ether oxygens (including phenoxy) is 1. The van der Waals surface area contributed by atoms with Crippen molar-refractivity contribution >= 4 is 23.2 Å². The molecule has 1 aliphatic rings. The number of carbonyl (C=O) groups is 2. The molecule has 0 saturated carbocycles. The van der Waals surface area contributed by atoms with E-state index in [2.05, 4.69) is 10.2 Å². The number of hydrogen-bond acceptors (Lipinski definition) is 7. The van der Waals surface area contributed by atoms with Gasteiger partial charge in [0.15, 0.2) is 6.61 Å². The molecule has 3 rings (SSSR count). The normalized spacial score (nSPS) is 14.2. The lowest BCUT2D eigenvalue weighted by Crippen LogP contribution is -2.46. The van der Waals surface area contributed by atoms with Crippen LogP contribution in [0.1, 0.15) is 25.6 Å². The molecular formula is C20H24N4O6. The monoisotopic (exact) mass is 416 g/mol. The van der Waals surface area contributed by atoms with Crippen LogP contribution in [-0.4, -0.2) is 54.4 Å². The fourth-order valence-corrected chi connectivity index (χ4v) is 3.44. The highest BCUT2D eigenvalue weighted by Crippen LogP contribution is 2.35. The smallest absolute Gasteiger partial charge is 0.271 e. The number of carbonyl (C=O) groups excluding carboxylic acids is 2. The van der Waals surface area contributed by atoms with Gasteiger partial charge in [0.1, 0.15) is 18.1 Å². The van der Waals surface area contributed by atoms with Gasteiger partial charge >= 0.3 is 0 Å².